The highest BCUT2D eigenvalue weighted by Gasteiger charge is 2.43. The van der Waals surface area contributed by atoms with Gasteiger partial charge in [-0.15, -0.1) is 5.11 Å². The second-order valence-electron chi connectivity index (χ2n) is 17.2. The monoisotopic (exact) mass is 1090 g/mol. The van der Waals surface area contributed by atoms with Crippen LogP contribution in [0.5, 0.6) is 0 Å². The summed E-state index contributed by atoms with van der Waals surface area (Å²) in [4.78, 5) is 83.2. The van der Waals surface area contributed by atoms with Gasteiger partial charge < -0.3 is 34.6 Å². The maximum absolute atomic E-state index is 13.8. The van der Waals surface area contributed by atoms with Crippen LogP contribution in [0.2, 0.25) is 0 Å². The second-order valence-corrected chi connectivity index (χ2v) is 18.8. The summed E-state index contributed by atoms with van der Waals surface area (Å²) in [5.74, 6) is -1.10. The summed E-state index contributed by atoms with van der Waals surface area (Å²) in [5.41, 5.74) is 1.42. The van der Waals surface area contributed by atoms with Gasteiger partial charge in [0.25, 0.3) is 11.2 Å². The number of nitro groups is 1. The fraction of sp³-hybridized carbons (Fsp3) is 0.471. The Labute approximate surface area is 444 Å². The van der Waals surface area contributed by atoms with Crippen LogP contribution in [-0.4, -0.2) is 117 Å². The van der Waals surface area contributed by atoms with Gasteiger partial charge in [-0.1, -0.05) is 35.5 Å². The average molecular weight is 1090 g/mol. The lowest BCUT2D eigenvalue weighted by Crippen LogP contribution is -2.33. The first kappa shape index (κ1) is 60.4. The van der Waals surface area contributed by atoms with Crippen LogP contribution in [0.1, 0.15) is 83.9 Å². The Morgan fingerprint density at radius 1 is 0.961 bits per heavy atom. The van der Waals surface area contributed by atoms with Gasteiger partial charge in [-0.25, -0.2) is 9.36 Å². The number of likely N-dealkylation sites (N-methyl/N-ethyl adjacent to an activating group) is 1. The molecule has 414 valence electrons. The fourth-order valence-electron chi connectivity index (χ4n) is 7.72. The van der Waals surface area contributed by atoms with E-state index in [0.29, 0.717) is 61.2 Å². The molecule has 0 radical (unpaired) electrons. The van der Waals surface area contributed by atoms with E-state index >= 15 is 0 Å². The van der Waals surface area contributed by atoms with Crippen molar-refractivity contribution < 1.29 is 56.5 Å². The van der Waals surface area contributed by atoms with E-state index in [1.165, 1.54) is 25.4 Å². The normalized spacial score (nSPS) is 16.3. The van der Waals surface area contributed by atoms with Crippen molar-refractivity contribution in [1.29, 1.82) is 5.26 Å². The molecule has 1 saturated heterocycles. The number of esters is 1. The highest BCUT2D eigenvalue weighted by atomic mass is 31.2. The van der Waals surface area contributed by atoms with Crippen LogP contribution in [0.3, 0.4) is 0 Å². The molecule has 26 heteroatoms. The molecule has 2 amide bonds. The first-order chi connectivity index (χ1) is 37.2. The van der Waals surface area contributed by atoms with E-state index in [9.17, 15) is 38.7 Å². The Hall–Kier alpha value is -7.46. The molecule has 2 heterocycles. The van der Waals surface area contributed by atoms with Crippen LogP contribution in [0, 0.1) is 21.4 Å². The van der Waals surface area contributed by atoms with Crippen molar-refractivity contribution in [2.75, 3.05) is 71.2 Å². The minimum atomic E-state index is -4.37. The van der Waals surface area contributed by atoms with Gasteiger partial charge in [0.2, 0.25) is 11.8 Å². The third-order valence-electron chi connectivity index (χ3n) is 11.6. The molecule has 1 aliphatic heterocycles. The standard InChI is InChI=1S/C51H65N10O15P/c1-5-53-47(63)24-25-49(64)71-29-12-31-74-77(69,73-30-11-26-52)76-44-33-48(75-45(44)35-70-4)60-34-37(50(65)55-51(60)66)14-10-27-54-46(62)17-9-13-36(3)58-72-32-28-59(6-2)39-20-18-38(19-21-39)56-57-42-22-23-43(61(67)68)41-16-8-7-15-40(41)42/h7-8,10,14-16,18-23,34,44-45,48H,5-6,9,11-13,17,24-25,27-33,35H2,1-4H3,(H,53,63)(H,54,62)(H,55,65,66)/b14-10+,57-56?,58-36+. The van der Waals surface area contributed by atoms with Crippen molar-refractivity contribution >= 4 is 70.9 Å². The van der Waals surface area contributed by atoms with Crippen molar-refractivity contribution in [2.24, 2.45) is 15.4 Å². The number of hydrogen-bond acceptors (Lipinski definition) is 20. The quantitative estimate of drug-likeness (QED) is 0.00792. The smallest absolute Gasteiger partial charge is 0.466 e. The summed E-state index contributed by atoms with van der Waals surface area (Å²) >= 11 is 0. The molecule has 1 fully saturated rings. The van der Waals surface area contributed by atoms with Gasteiger partial charge in [0.05, 0.1) is 84.8 Å². The minimum absolute atomic E-state index is 0.00642. The Morgan fingerprint density at radius 3 is 2.44 bits per heavy atom. The predicted octanol–water partition coefficient (Wildman–Crippen LogP) is 7.46. The minimum Gasteiger partial charge on any atom is -0.466 e. The number of oxime groups is 1. The van der Waals surface area contributed by atoms with Crippen LogP contribution in [0.4, 0.5) is 22.7 Å². The number of nitrogens with zero attached hydrogens (tertiary/aromatic N) is 7. The highest BCUT2D eigenvalue weighted by molar-refractivity contribution is 7.48. The van der Waals surface area contributed by atoms with E-state index in [-0.39, 0.29) is 94.6 Å². The van der Waals surface area contributed by atoms with E-state index < -0.39 is 48.4 Å². The van der Waals surface area contributed by atoms with Gasteiger partial charge in [0.15, 0.2) is 0 Å². The van der Waals surface area contributed by atoms with Crippen molar-refractivity contribution in [2.45, 2.75) is 90.6 Å². The van der Waals surface area contributed by atoms with Crippen molar-refractivity contribution in [3.8, 4) is 6.07 Å². The Morgan fingerprint density at radius 2 is 1.71 bits per heavy atom. The number of amides is 2. The Kier molecular flexibility index (Phi) is 24.8. The van der Waals surface area contributed by atoms with E-state index in [1.54, 1.807) is 43.3 Å². The molecule has 0 bridgehead atoms. The molecule has 4 unspecified atom stereocenters. The number of benzene rings is 3. The fourth-order valence-corrected chi connectivity index (χ4v) is 9.14. The average Bonchev–Trinajstić information content (AvgIpc) is 3.80. The topological polar surface area (TPSA) is 319 Å². The number of aromatic nitrogens is 2. The number of azo groups is 1. The highest BCUT2D eigenvalue weighted by Crippen LogP contribution is 2.53. The van der Waals surface area contributed by atoms with Gasteiger partial charge in [0.1, 0.15) is 25.0 Å². The third kappa shape index (κ3) is 19.6. The zero-order valence-electron chi connectivity index (χ0n) is 43.5. The molecule has 0 aliphatic carbocycles. The number of rotatable bonds is 33. The van der Waals surface area contributed by atoms with Crippen LogP contribution in [0.25, 0.3) is 16.8 Å². The first-order valence-electron chi connectivity index (χ1n) is 25.1. The molecular formula is C51H65N10O15P. The number of carbonyl (C=O) groups excluding carboxylic acids is 3. The summed E-state index contributed by atoms with van der Waals surface area (Å²) < 4.78 is 48.2. The number of carbonyl (C=O) groups is 3. The number of phosphoric acid groups is 1. The first-order valence-corrected chi connectivity index (χ1v) is 26.5. The van der Waals surface area contributed by atoms with E-state index in [4.69, 9.17) is 37.9 Å². The lowest BCUT2D eigenvalue weighted by Gasteiger charge is -2.23. The number of aromatic amines is 1. The van der Waals surface area contributed by atoms with Crippen molar-refractivity contribution in [1.82, 2.24) is 20.2 Å². The molecule has 0 spiro atoms. The summed E-state index contributed by atoms with van der Waals surface area (Å²) in [6.45, 7) is 7.03. The number of methoxy groups -OCH3 is 1. The number of anilines is 1. The van der Waals surface area contributed by atoms with Gasteiger partial charge in [-0.3, -0.25) is 52.4 Å². The molecule has 1 aliphatic rings. The number of phosphoric ester groups is 1. The number of fused-ring (bicyclic) bond motifs is 1. The maximum atomic E-state index is 13.8. The molecule has 0 saturated carbocycles. The number of hydrogen-bond donors (Lipinski definition) is 3. The van der Waals surface area contributed by atoms with Crippen LogP contribution < -0.4 is 26.8 Å². The molecule has 77 heavy (non-hydrogen) atoms. The van der Waals surface area contributed by atoms with E-state index in [1.807, 2.05) is 44.2 Å². The summed E-state index contributed by atoms with van der Waals surface area (Å²) in [6, 6.07) is 19.4. The molecule has 3 aromatic carbocycles. The number of nitro benzene ring substituents is 1. The van der Waals surface area contributed by atoms with Gasteiger partial charge in [-0.05, 0) is 70.0 Å². The SMILES string of the molecule is CCNC(=O)CCC(=O)OCCCOP(=O)(OCCC#N)OC1CC(n2cc(/C=C/CNC(=O)CCC/C(C)=N/OCCN(CC)c3ccc(N=Nc4ccc([N+](=O)[O-])c5ccccc45)cc3)c(=O)[nH]c2=O)OC1COC. The molecule has 3 N–H and O–H groups in total. The number of ether oxygens (including phenoxy) is 3. The van der Waals surface area contributed by atoms with Gasteiger partial charge >= 0.3 is 19.5 Å². The number of nitriles is 1. The van der Waals surface area contributed by atoms with Crippen LogP contribution in [0.15, 0.2) is 97.9 Å². The molecular weight excluding hydrogens is 1020 g/mol. The summed E-state index contributed by atoms with van der Waals surface area (Å²) in [7, 11) is -2.97. The van der Waals surface area contributed by atoms with E-state index in [0.717, 1.165) is 16.0 Å². The summed E-state index contributed by atoms with van der Waals surface area (Å²) in [6.07, 6.45) is 2.36. The van der Waals surface area contributed by atoms with E-state index in [2.05, 4.69) is 35.9 Å². The molecule has 25 nitrogen and oxygen atoms in total. The zero-order chi connectivity index (χ0) is 55.6. The third-order valence-corrected chi connectivity index (χ3v) is 13.1. The van der Waals surface area contributed by atoms with Crippen LogP contribution >= 0.6 is 7.82 Å². The molecule has 4 atom stereocenters. The maximum Gasteiger partial charge on any atom is 0.475 e. The largest absolute Gasteiger partial charge is 0.475 e. The van der Waals surface area contributed by atoms with Crippen molar-refractivity contribution in [3.63, 3.8) is 0 Å². The van der Waals surface area contributed by atoms with Gasteiger partial charge in [0, 0.05) is 75.8 Å². The van der Waals surface area contributed by atoms with Crippen LogP contribution in [-0.2, 0) is 51.6 Å². The molecule has 1 aromatic heterocycles. The lowest BCUT2D eigenvalue weighted by molar-refractivity contribution is -0.383. The predicted molar refractivity (Wildman–Crippen MR) is 284 cm³/mol. The summed E-state index contributed by atoms with van der Waals surface area (Å²) in [5, 5.41) is 39.9. The number of nitrogens with one attached hydrogen (secondary N) is 3. The number of non-ortho nitro benzene ring substituents is 1. The Balaban J connectivity index is 1.04. The zero-order valence-corrected chi connectivity index (χ0v) is 44.4. The van der Waals surface area contributed by atoms with Crippen molar-refractivity contribution in [3.05, 3.63) is 109 Å². The van der Waals surface area contributed by atoms with Gasteiger partial charge in [-0.2, -0.15) is 10.4 Å². The Bertz CT molecular complexity index is 2920. The number of H-pyrrole nitrogens is 1. The molecule has 4 aromatic rings. The second kappa shape index (κ2) is 31.6. The molecule has 5 rings (SSSR count). The lowest BCUT2D eigenvalue weighted by atomic mass is 10.1.